The quantitative estimate of drug-likeness (QED) is 0.651. The van der Waals surface area contributed by atoms with Crippen LogP contribution in [0.2, 0.25) is 0 Å². The van der Waals surface area contributed by atoms with Crippen molar-refractivity contribution >= 4 is 0 Å². The fourth-order valence-electron chi connectivity index (χ4n) is 0.867. The number of aliphatic hydroxyl groups is 1. The Morgan fingerprint density at radius 3 is 2.92 bits per heavy atom. The Labute approximate surface area is 71.5 Å². The summed E-state index contributed by atoms with van der Waals surface area (Å²) in [6.45, 7) is 1.62. The van der Waals surface area contributed by atoms with Gasteiger partial charge in [0.25, 0.3) is 0 Å². The topological polar surface area (TPSA) is 46.0 Å². The van der Waals surface area contributed by atoms with Crippen molar-refractivity contribution in [1.82, 2.24) is 9.97 Å². The molecule has 3 heteroatoms. The first kappa shape index (κ1) is 8.69. The van der Waals surface area contributed by atoms with Gasteiger partial charge < -0.3 is 5.11 Å². The molecule has 1 aromatic rings. The first-order chi connectivity index (χ1) is 5.67. The Hall–Kier alpha value is -1.40. The molecule has 3 nitrogen and oxygen atoms in total. The molecule has 0 aliphatic heterocycles. The second-order valence-corrected chi connectivity index (χ2v) is 2.75. The van der Waals surface area contributed by atoms with Gasteiger partial charge in [0.1, 0.15) is 5.60 Å². The van der Waals surface area contributed by atoms with Gasteiger partial charge in [-0.15, -0.1) is 12.3 Å². The first-order valence-corrected chi connectivity index (χ1v) is 3.59. The van der Waals surface area contributed by atoms with Crippen LogP contribution >= 0.6 is 0 Å². The molecule has 1 atom stereocenters. The molecule has 0 amide bonds. The van der Waals surface area contributed by atoms with Crippen LogP contribution in [0.25, 0.3) is 0 Å². The summed E-state index contributed by atoms with van der Waals surface area (Å²) in [5, 5.41) is 9.74. The van der Waals surface area contributed by atoms with E-state index in [1.165, 1.54) is 12.4 Å². The van der Waals surface area contributed by atoms with E-state index in [9.17, 15) is 5.11 Å². The highest BCUT2D eigenvalue weighted by Gasteiger charge is 2.23. The van der Waals surface area contributed by atoms with Crippen molar-refractivity contribution in [2.45, 2.75) is 18.9 Å². The third-order valence-corrected chi connectivity index (χ3v) is 1.56. The van der Waals surface area contributed by atoms with Gasteiger partial charge in [0.15, 0.2) is 0 Å². The highest BCUT2D eigenvalue weighted by atomic mass is 16.3. The van der Waals surface area contributed by atoms with Crippen LogP contribution in [0.5, 0.6) is 0 Å². The molecule has 12 heavy (non-hydrogen) atoms. The summed E-state index contributed by atoms with van der Waals surface area (Å²) < 4.78 is 0. The predicted octanol–water partition coefficient (Wildman–Crippen LogP) is 0.707. The zero-order chi connectivity index (χ0) is 9.03. The summed E-state index contributed by atoms with van der Waals surface area (Å²) in [6.07, 6.45) is 9.93. The van der Waals surface area contributed by atoms with Crippen molar-refractivity contribution in [2.24, 2.45) is 0 Å². The van der Waals surface area contributed by atoms with Crippen LogP contribution in [0, 0.1) is 12.3 Å². The van der Waals surface area contributed by atoms with E-state index in [0.29, 0.717) is 5.69 Å². The summed E-state index contributed by atoms with van der Waals surface area (Å²) in [5.41, 5.74) is -0.564. The van der Waals surface area contributed by atoms with E-state index >= 15 is 0 Å². The van der Waals surface area contributed by atoms with Gasteiger partial charge in [-0.2, -0.15) is 0 Å². The van der Waals surface area contributed by atoms with Crippen molar-refractivity contribution in [3.63, 3.8) is 0 Å². The average molecular weight is 162 g/mol. The maximum atomic E-state index is 9.74. The zero-order valence-electron chi connectivity index (χ0n) is 6.86. The third-order valence-electron chi connectivity index (χ3n) is 1.56. The largest absolute Gasteiger partial charge is 0.383 e. The molecule has 0 saturated carbocycles. The SMILES string of the molecule is C#CC[C@@](C)(O)c1cnccn1. The molecule has 1 N–H and O–H groups in total. The van der Waals surface area contributed by atoms with Crippen LogP contribution in [-0.4, -0.2) is 15.1 Å². The van der Waals surface area contributed by atoms with Crippen molar-refractivity contribution in [3.05, 3.63) is 24.3 Å². The molecule has 0 aliphatic rings. The minimum atomic E-state index is -1.07. The van der Waals surface area contributed by atoms with E-state index in [2.05, 4.69) is 15.9 Å². The van der Waals surface area contributed by atoms with Gasteiger partial charge in [-0.1, -0.05) is 0 Å². The van der Waals surface area contributed by atoms with E-state index in [-0.39, 0.29) is 6.42 Å². The zero-order valence-corrected chi connectivity index (χ0v) is 6.86. The van der Waals surface area contributed by atoms with E-state index in [1.54, 1.807) is 13.1 Å². The average Bonchev–Trinajstić information content (AvgIpc) is 2.06. The van der Waals surface area contributed by atoms with Crippen LogP contribution in [0.4, 0.5) is 0 Å². The molecule has 0 radical (unpaired) electrons. The summed E-state index contributed by atoms with van der Waals surface area (Å²) in [6, 6.07) is 0. The molecule has 0 saturated heterocycles. The highest BCUT2D eigenvalue weighted by Crippen LogP contribution is 2.20. The summed E-state index contributed by atoms with van der Waals surface area (Å²) >= 11 is 0. The maximum Gasteiger partial charge on any atom is 0.116 e. The summed E-state index contributed by atoms with van der Waals surface area (Å²) in [4.78, 5) is 7.80. The van der Waals surface area contributed by atoms with Crippen LogP contribution in [0.15, 0.2) is 18.6 Å². The molecule has 0 spiro atoms. The predicted molar refractivity (Wildman–Crippen MR) is 45.1 cm³/mol. The number of rotatable bonds is 2. The number of aromatic nitrogens is 2. The van der Waals surface area contributed by atoms with Gasteiger partial charge in [-0.3, -0.25) is 9.97 Å². The van der Waals surface area contributed by atoms with Gasteiger partial charge in [-0.05, 0) is 6.92 Å². The number of hydrogen-bond acceptors (Lipinski definition) is 3. The van der Waals surface area contributed by atoms with E-state index in [0.717, 1.165) is 0 Å². The Balaban J connectivity index is 2.91. The number of nitrogens with zero attached hydrogens (tertiary/aromatic N) is 2. The molecule has 1 rings (SSSR count). The van der Waals surface area contributed by atoms with Crippen molar-refractivity contribution in [3.8, 4) is 12.3 Å². The monoisotopic (exact) mass is 162 g/mol. The van der Waals surface area contributed by atoms with Crippen molar-refractivity contribution < 1.29 is 5.11 Å². The normalized spacial score (nSPS) is 14.8. The lowest BCUT2D eigenvalue weighted by atomic mass is 9.99. The molecule has 0 unspecified atom stereocenters. The molecule has 1 heterocycles. The second-order valence-electron chi connectivity index (χ2n) is 2.75. The van der Waals surface area contributed by atoms with E-state index < -0.39 is 5.60 Å². The summed E-state index contributed by atoms with van der Waals surface area (Å²) in [7, 11) is 0. The molecular weight excluding hydrogens is 152 g/mol. The molecule has 0 aliphatic carbocycles. The lowest BCUT2D eigenvalue weighted by Gasteiger charge is -2.18. The Bertz CT molecular complexity index is 287. The Kier molecular flexibility index (Phi) is 2.41. The van der Waals surface area contributed by atoms with Gasteiger partial charge in [-0.25, -0.2) is 0 Å². The standard InChI is InChI=1S/C9H10N2O/c1-3-4-9(2,12)8-7-10-5-6-11-8/h1,5-7,12H,4H2,2H3/t9-/m1/s1. The third kappa shape index (κ3) is 1.80. The Morgan fingerprint density at radius 2 is 2.42 bits per heavy atom. The minimum Gasteiger partial charge on any atom is -0.383 e. The molecule has 0 bridgehead atoms. The second kappa shape index (κ2) is 3.33. The molecule has 1 aromatic heterocycles. The highest BCUT2D eigenvalue weighted by molar-refractivity contribution is 5.10. The molecule has 62 valence electrons. The van der Waals surface area contributed by atoms with Gasteiger partial charge in [0, 0.05) is 18.8 Å². The fourth-order valence-corrected chi connectivity index (χ4v) is 0.867. The summed E-state index contributed by atoms with van der Waals surface area (Å²) in [5.74, 6) is 2.39. The van der Waals surface area contributed by atoms with Gasteiger partial charge in [0.2, 0.25) is 0 Å². The van der Waals surface area contributed by atoms with E-state index in [4.69, 9.17) is 6.42 Å². The van der Waals surface area contributed by atoms with Crippen molar-refractivity contribution in [2.75, 3.05) is 0 Å². The fraction of sp³-hybridized carbons (Fsp3) is 0.333. The van der Waals surface area contributed by atoms with Gasteiger partial charge >= 0.3 is 0 Å². The molecule has 0 fully saturated rings. The maximum absolute atomic E-state index is 9.74. The first-order valence-electron chi connectivity index (χ1n) is 3.59. The smallest absolute Gasteiger partial charge is 0.116 e. The molecule has 0 aromatic carbocycles. The lowest BCUT2D eigenvalue weighted by Crippen LogP contribution is -2.21. The van der Waals surface area contributed by atoms with Crippen molar-refractivity contribution in [1.29, 1.82) is 0 Å². The molecular formula is C9H10N2O. The Morgan fingerprint density at radius 1 is 1.67 bits per heavy atom. The van der Waals surface area contributed by atoms with Crippen LogP contribution < -0.4 is 0 Å². The van der Waals surface area contributed by atoms with Crippen LogP contribution in [-0.2, 0) is 5.60 Å². The number of terminal acetylenes is 1. The van der Waals surface area contributed by atoms with Crippen LogP contribution in [0.1, 0.15) is 19.0 Å². The minimum absolute atomic E-state index is 0.242. The van der Waals surface area contributed by atoms with Crippen LogP contribution in [0.3, 0.4) is 0 Å². The van der Waals surface area contributed by atoms with E-state index in [1.807, 2.05) is 0 Å². The number of hydrogen-bond donors (Lipinski definition) is 1. The van der Waals surface area contributed by atoms with Gasteiger partial charge in [0.05, 0.1) is 11.9 Å². The lowest BCUT2D eigenvalue weighted by molar-refractivity contribution is 0.0579.